The first-order chi connectivity index (χ1) is 8.73. The first-order valence-electron chi connectivity index (χ1n) is 6.93. The zero-order valence-corrected chi connectivity index (χ0v) is 12.8. The molecule has 0 aliphatic rings. The zero-order valence-electron chi connectivity index (χ0n) is 12.8. The molecule has 2 nitrogen and oxygen atoms in total. The van der Waals surface area contributed by atoms with E-state index in [1.165, 1.54) is 5.56 Å². The lowest BCUT2D eigenvalue weighted by Crippen LogP contribution is -2.33. The van der Waals surface area contributed by atoms with Crippen LogP contribution in [0.15, 0.2) is 30.3 Å². The lowest BCUT2D eigenvalue weighted by atomic mass is 9.84. The Hall–Kier alpha value is -1.33. The average molecular weight is 258 g/mol. The molecule has 2 heteroatoms. The Morgan fingerprint density at radius 3 is 2.16 bits per heavy atom. The molecule has 0 heterocycles. The number of nitrogens with one attached hydrogen (secondary N) is 1. The number of nitriles is 1. The SMILES string of the molecule is CC(C)(C)CC(NCC(C)(C)C#N)c1ccccc1. The van der Waals surface area contributed by atoms with Crippen LogP contribution in [0.25, 0.3) is 0 Å². The van der Waals surface area contributed by atoms with E-state index in [0.29, 0.717) is 12.6 Å². The fraction of sp³-hybridized carbons (Fsp3) is 0.588. The largest absolute Gasteiger partial charge is 0.308 e. The number of hydrogen-bond acceptors (Lipinski definition) is 2. The molecule has 0 spiro atoms. The molecular weight excluding hydrogens is 232 g/mol. The predicted molar refractivity (Wildman–Crippen MR) is 80.7 cm³/mol. The van der Waals surface area contributed by atoms with E-state index in [-0.39, 0.29) is 10.8 Å². The highest BCUT2D eigenvalue weighted by Crippen LogP contribution is 2.30. The summed E-state index contributed by atoms with van der Waals surface area (Å²) in [7, 11) is 0. The van der Waals surface area contributed by atoms with Crippen LogP contribution in [0.1, 0.15) is 52.6 Å². The third-order valence-corrected chi connectivity index (χ3v) is 3.11. The molecule has 1 atom stereocenters. The maximum Gasteiger partial charge on any atom is 0.0697 e. The summed E-state index contributed by atoms with van der Waals surface area (Å²) in [5, 5.41) is 12.7. The van der Waals surface area contributed by atoms with E-state index in [1.54, 1.807) is 0 Å². The van der Waals surface area contributed by atoms with Crippen LogP contribution < -0.4 is 5.32 Å². The highest BCUT2D eigenvalue weighted by Gasteiger charge is 2.23. The zero-order chi connectivity index (χ0) is 14.5. The Bertz CT molecular complexity index is 421. The van der Waals surface area contributed by atoms with E-state index >= 15 is 0 Å². The molecule has 0 saturated carbocycles. The monoisotopic (exact) mass is 258 g/mol. The Morgan fingerprint density at radius 2 is 1.68 bits per heavy atom. The van der Waals surface area contributed by atoms with Crippen molar-refractivity contribution < 1.29 is 0 Å². The molecule has 19 heavy (non-hydrogen) atoms. The molecule has 0 aliphatic heterocycles. The minimum atomic E-state index is -0.328. The van der Waals surface area contributed by atoms with Crippen LogP contribution in [0.2, 0.25) is 0 Å². The minimum absolute atomic E-state index is 0.254. The van der Waals surface area contributed by atoms with Crippen molar-refractivity contribution in [1.82, 2.24) is 5.32 Å². The van der Waals surface area contributed by atoms with Gasteiger partial charge in [-0.1, -0.05) is 51.1 Å². The van der Waals surface area contributed by atoms with Gasteiger partial charge in [-0.25, -0.2) is 0 Å². The van der Waals surface area contributed by atoms with Crippen molar-refractivity contribution in [2.24, 2.45) is 10.8 Å². The summed E-state index contributed by atoms with van der Waals surface area (Å²) in [5.74, 6) is 0. The topological polar surface area (TPSA) is 35.8 Å². The van der Waals surface area contributed by atoms with Crippen molar-refractivity contribution in [2.75, 3.05) is 6.54 Å². The summed E-state index contributed by atoms with van der Waals surface area (Å²) in [6.45, 7) is 11.4. The molecule has 0 saturated heterocycles. The van der Waals surface area contributed by atoms with E-state index < -0.39 is 0 Å². The van der Waals surface area contributed by atoms with Crippen LogP contribution in [-0.2, 0) is 0 Å². The van der Waals surface area contributed by atoms with Gasteiger partial charge in [-0.05, 0) is 31.2 Å². The summed E-state index contributed by atoms with van der Waals surface area (Å²) in [5.41, 5.74) is 1.22. The predicted octanol–water partition coefficient (Wildman–Crippen LogP) is 4.30. The van der Waals surface area contributed by atoms with E-state index in [1.807, 2.05) is 19.9 Å². The van der Waals surface area contributed by atoms with Gasteiger partial charge in [-0.3, -0.25) is 0 Å². The second-order valence-corrected chi connectivity index (χ2v) is 7.10. The molecule has 1 rings (SSSR count). The molecule has 0 bridgehead atoms. The van der Waals surface area contributed by atoms with E-state index in [0.717, 1.165) is 6.42 Å². The fourth-order valence-electron chi connectivity index (χ4n) is 2.02. The van der Waals surface area contributed by atoms with Gasteiger partial charge in [0.1, 0.15) is 0 Å². The maximum absolute atomic E-state index is 9.12. The van der Waals surface area contributed by atoms with Gasteiger partial charge in [0.2, 0.25) is 0 Å². The number of nitrogens with zero attached hydrogens (tertiary/aromatic N) is 1. The summed E-state index contributed by atoms with van der Waals surface area (Å²) in [6, 6.07) is 13.1. The van der Waals surface area contributed by atoms with Crippen LogP contribution in [0.5, 0.6) is 0 Å². The molecular formula is C17H26N2. The quantitative estimate of drug-likeness (QED) is 0.854. The van der Waals surface area contributed by atoms with Gasteiger partial charge in [-0.2, -0.15) is 5.26 Å². The molecule has 1 unspecified atom stereocenters. The average Bonchev–Trinajstić information content (AvgIpc) is 2.34. The number of hydrogen-bond donors (Lipinski definition) is 1. The summed E-state index contributed by atoms with van der Waals surface area (Å²) < 4.78 is 0. The highest BCUT2D eigenvalue weighted by molar-refractivity contribution is 5.19. The number of rotatable bonds is 5. The van der Waals surface area contributed by atoms with Crippen molar-refractivity contribution in [3.63, 3.8) is 0 Å². The highest BCUT2D eigenvalue weighted by atomic mass is 14.9. The Labute approximate surface area is 117 Å². The van der Waals surface area contributed by atoms with Gasteiger partial charge >= 0.3 is 0 Å². The van der Waals surface area contributed by atoms with Crippen molar-refractivity contribution in [1.29, 1.82) is 5.26 Å². The van der Waals surface area contributed by atoms with E-state index in [2.05, 4.69) is 56.4 Å². The second kappa shape index (κ2) is 6.21. The first-order valence-corrected chi connectivity index (χ1v) is 6.93. The maximum atomic E-state index is 9.12. The Morgan fingerprint density at radius 1 is 1.11 bits per heavy atom. The molecule has 1 aromatic carbocycles. The summed E-state index contributed by atoms with van der Waals surface area (Å²) >= 11 is 0. The van der Waals surface area contributed by atoms with Gasteiger partial charge < -0.3 is 5.32 Å². The minimum Gasteiger partial charge on any atom is -0.308 e. The smallest absolute Gasteiger partial charge is 0.0697 e. The van der Waals surface area contributed by atoms with Crippen LogP contribution in [0, 0.1) is 22.2 Å². The van der Waals surface area contributed by atoms with Crippen molar-refractivity contribution >= 4 is 0 Å². The van der Waals surface area contributed by atoms with Gasteiger partial charge in [0.15, 0.2) is 0 Å². The third-order valence-electron chi connectivity index (χ3n) is 3.11. The van der Waals surface area contributed by atoms with Crippen LogP contribution in [0.4, 0.5) is 0 Å². The van der Waals surface area contributed by atoms with Gasteiger partial charge in [-0.15, -0.1) is 0 Å². The van der Waals surface area contributed by atoms with Crippen LogP contribution in [-0.4, -0.2) is 6.54 Å². The number of benzene rings is 1. The first kappa shape index (κ1) is 15.7. The van der Waals surface area contributed by atoms with Gasteiger partial charge in [0.05, 0.1) is 11.5 Å². The molecule has 1 aromatic rings. The van der Waals surface area contributed by atoms with Crippen molar-refractivity contribution in [3.8, 4) is 6.07 Å². The van der Waals surface area contributed by atoms with Crippen LogP contribution >= 0.6 is 0 Å². The van der Waals surface area contributed by atoms with Crippen molar-refractivity contribution in [3.05, 3.63) is 35.9 Å². The Kier molecular flexibility index (Phi) is 5.14. The second-order valence-electron chi connectivity index (χ2n) is 7.10. The van der Waals surface area contributed by atoms with E-state index in [9.17, 15) is 0 Å². The lowest BCUT2D eigenvalue weighted by Gasteiger charge is -2.29. The van der Waals surface area contributed by atoms with E-state index in [4.69, 9.17) is 5.26 Å². The standard InChI is InChI=1S/C17H26N2/c1-16(2,3)11-15(14-9-7-6-8-10-14)19-13-17(4,5)12-18/h6-10,15,19H,11,13H2,1-5H3. The summed E-state index contributed by atoms with van der Waals surface area (Å²) in [4.78, 5) is 0. The fourth-order valence-corrected chi connectivity index (χ4v) is 2.02. The molecule has 0 fully saturated rings. The molecule has 0 aliphatic carbocycles. The third kappa shape index (κ3) is 5.89. The van der Waals surface area contributed by atoms with Crippen LogP contribution in [0.3, 0.4) is 0 Å². The molecule has 0 aromatic heterocycles. The van der Waals surface area contributed by atoms with Crippen molar-refractivity contribution in [2.45, 2.75) is 47.1 Å². The molecule has 1 N–H and O–H groups in total. The molecule has 0 radical (unpaired) electrons. The summed E-state index contributed by atoms with van der Waals surface area (Å²) in [6.07, 6.45) is 1.05. The lowest BCUT2D eigenvalue weighted by molar-refractivity contribution is 0.293. The normalized spacial score (nSPS) is 13.9. The Balaban J connectivity index is 2.80. The molecule has 0 amide bonds. The van der Waals surface area contributed by atoms with Gasteiger partial charge in [0.25, 0.3) is 0 Å². The van der Waals surface area contributed by atoms with Gasteiger partial charge in [0, 0.05) is 12.6 Å². The molecule has 104 valence electrons.